The lowest BCUT2D eigenvalue weighted by Crippen LogP contribution is -2.47. The Morgan fingerprint density at radius 1 is 0.804 bits per heavy atom. The second-order valence-electron chi connectivity index (χ2n) is 13.9. The number of ketones is 2. The lowest BCUT2D eigenvalue weighted by molar-refractivity contribution is -0.132. The van der Waals surface area contributed by atoms with Crippen molar-refractivity contribution in [1.29, 1.82) is 0 Å². The van der Waals surface area contributed by atoms with E-state index in [0.29, 0.717) is 25.0 Å². The molecule has 1 aliphatic rings. The molecule has 0 aromatic carbocycles. The Morgan fingerprint density at radius 2 is 1.41 bits per heavy atom. The van der Waals surface area contributed by atoms with Crippen molar-refractivity contribution in [3.05, 3.63) is 11.8 Å². The maximum Gasteiger partial charge on any atom is 0.240 e. The molecule has 0 aromatic heterocycles. The molecule has 1 heterocycles. The molecular formula is C34H57N5O7. The number of nitrogens with one attached hydrogen (secondary N) is 3. The molecule has 0 aliphatic carbocycles. The molecule has 0 unspecified atom stereocenters. The molecule has 1 aliphatic heterocycles. The van der Waals surface area contributed by atoms with Crippen molar-refractivity contribution in [3.63, 3.8) is 0 Å². The quantitative estimate of drug-likeness (QED) is 0.119. The number of nitrogens with two attached hydrogens (primary N) is 1. The van der Waals surface area contributed by atoms with E-state index in [-0.39, 0.29) is 73.2 Å². The van der Waals surface area contributed by atoms with Gasteiger partial charge in [0.2, 0.25) is 23.6 Å². The number of nitrogens with zero attached hydrogens (tertiary/aromatic N) is 1. The van der Waals surface area contributed by atoms with Crippen LogP contribution in [-0.2, 0) is 28.8 Å². The van der Waals surface area contributed by atoms with Crippen LogP contribution in [0.4, 0.5) is 0 Å². The van der Waals surface area contributed by atoms with Gasteiger partial charge in [0.25, 0.3) is 0 Å². The number of aliphatic hydroxyl groups excluding tert-OH is 1. The minimum atomic E-state index is -1.18. The largest absolute Gasteiger partial charge is 0.392 e. The maximum atomic E-state index is 13.7. The summed E-state index contributed by atoms with van der Waals surface area (Å²) in [6.45, 7) is 14.8. The van der Waals surface area contributed by atoms with Crippen LogP contribution in [0.3, 0.4) is 0 Å². The minimum absolute atomic E-state index is 0.0982. The molecule has 12 heteroatoms. The molecule has 46 heavy (non-hydrogen) atoms. The van der Waals surface area contributed by atoms with Crippen LogP contribution >= 0.6 is 0 Å². The number of amides is 4. The Morgan fingerprint density at radius 3 is 1.91 bits per heavy atom. The van der Waals surface area contributed by atoms with Crippen molar-refractivity contribution in [2.75, 3.05) is 0 Å². The Labute approximate surface area is 274 Å². The second kappa shape index (κ2) is 20.0. The van der Waals surface area contributed by atoms with Gasteiger partial charge in [-0.2, -0.15) is 0 Å². The molecule has 6 N–H and O–H groups in total. The van der Waals surface area contributed by atoms with Crippen LogP contribution in [0.15, 0.2) is 16.8 Å². The standard InChI is InChI=1S/C34H57N5O7/c1-19(2)14-23(28(41)18-31(44)38-26(33(35)45)15-20(3)4)16-29(42)25(17-24-10-9-13-36-24)37-30(43)12-11-27(40)32(21(5)6)39-34(46)22(7)8/h10,13,19-23,25-26,28,32,41H,9,11-12,14-18H2,1-8H3,(H2,35,45)(H,37,43)(H,38,44)(H,39,46)/t23-,25+,26+,28+,32+/m1/s1. The number of allylic oxidation sites excluding steroid dienone is 1. The molecule has 260 valence electrons. The molecule has 4 amide bonds. The molecule has 0 saturated carbocycles. The Balaban J connectivity index is 3.00. The fraction of sp³-hybridized carbons (Fsp3) is 0.735. The van der Waals surface area contributed by atoms with Crippen molar-refractivity contribution in [1.82, 2.24) is 16.0 Å². The highest BCUT2D eigenvalue weighted by Crippen LogP contribution is 2.24. The molecule has 5 atom stereocenters. The average Bonchev–Trinajstić information content (AvgIpc) is 3.45. The highest BCUT2D eigenvalue weighted by atomic mass is 16.3. The van der Waals surface area contributed by atoms with Crippen molar-refractivity contribution >= 4 is 41.4 Å². The molecule has 0 saturated heterocycles. The number of aliphatic imine (C=N–C) groups is 1. The maximum absolute atomic E-state index is 13.7. The molecule has 12 nitrogen and oxygen atoms in total. The third-order valence-corrected chi connectivity index (χ3v) is 7.85. The van der Waals surface area contributed by atoms with Gasteiger partial charge in [-0.25, -0.2) is 0 Å². The number of carbonyl (C=O) groups excluding carboxylic acids is 6. The third kappa shape index (κ3) is 15.2. The summed E-state index contributed by atoms with van der Waals surface area (Å²) in [5.74, 6) is -3.36. The fourth-order valence-corrected chi connectivity index (χ4v) is 5.31. The van der Waals surface area contributed by atoms with E-state index in [1.807, 2.05) is 47.6 Å². The molecule has 0 aromatic rings. The second-order valence-corrected chi connectivity index (χ2v) is 13.9. The molecular weight excluding hydrogens is 590 g/mol. The Kier molecular flexibility index (Phi) is 17.6. The van der Waals surface area contributed by atoms with Crippen LogP contribution in [0, 0.1) is 29.6 Å². The predicted octanol–water partition coefficient (Wildman–Crippen LogP) is 2.75. The van der Waals surface area contributed by atoms with Gasteiger partial charge < -0.3 is 26.8 Å². The summed E-state index contributed by atoms with van der Waals surface area (Å²) in [4.78, 5) is 80.7. The summed E-state index contributed by atoms with van der Waals surface area (Å²) in [6, 6.07) is -2.54. The van der Waals surface area contributed by atoms with Crippen molar-refractivity contribution in [2.24, 2.45) is 40.3 Å². The van der Waals surface area contributed by atoms with Crippen LogP contribution in [0.5, 0.6) is 0 Å². The Bertz CT molecular complexity index is 1130. The normalized spacial score (nSPS) is 16.2. The van der Waals surface area contributed by atoms with E-state index in [0.717, 1.165) is 0 Å². The third-order valence-electron chi connectivity index (χ3n) is 7.85. The zero-order valence-electron chi connectivity index (χ0n) is 28.9. The minimum Gasteiger partial charge on any atom is -0.392 e. The molecule has 1 rings (SSSR count). The highest BCUT2D eigenvalue weighted by Gasteiger charge is 2.32. The molecule has 0 radical (unpaired) electrons. The van der Waals surface area contributed by atoms with Gasteiger partial charge in [0.05, 0.1) is 24.6 Å². The molecule has 0 bridgehead atoms. The zero-order chi connectivity index (χ0) is 35.1. The monoisotopic (exact) mass is 647 g/mol. The molecule has 0 fully saturated rings. The van der Waals surface area contributed by atoms with Crippen LogP contribution in [0.2, 0.25) is 0 Å². The van der Waals surface area contributed by atoms with E-state index >= 15 is 0 Å². The van der Waals surface area contributed by atoms with Crippen molar-refractivity contribution in [2.45, 2.75) is 131 Å². The number of hydrogen-bond donors (Lipinski definition) is 5. The van der Waals surface area contributed by atoms with E-state index < -0.39 is 47.9 Å². The van der Waals surface area contributed by atoms with Crippen molar-refractivity contribution < 1.29 is 33.9 Å². The number of primary amides is 1. The van der Waals surface area contributed by atoms with Crippen molar-refractivity contribution in [3.8, 4) is 0 Å². The first-order valence-electron chi connectivity index (χ1n) is 16.5. The average molecular weight is 648 g/mol. The number of hydrogen-bond acceptors (Lipinski definition) is 8. The summed E-state index contributed by atoms with van der Waals surface area (Å²) < 4.78 is 0. The van der Waals surface area contributed by atoms with Gasteiger partial charge in [-0.15, -0.1) is 0 Å². The van der Waals surface area contributed by atoms with Gasteiger partial charge in [0, 0.05) is 49.9 Å². The summed E-state index contributed by atoms with van der Waals surface area (Å²) in [7, 11) is 0. The summed E-state index contributed by atoms with van der Waals surface area (Å²) in [5.41, 5.74) is 6.09. The van der Waals surface area contributed by atoms with Gasteiger partial charge in [-0.05, 0) is 36.5 Å². The number of carbonyl (C=O) groups is 6. The topological polar surface area (TPSA) is 197 Å². The van der Waals surface area contributed by atoms with Crippen LogP contribution in [0.25, 0.3) is 0 Å². The fourth-order valence-electron chi connectivity index (χ4n) is 5.31. The van der Waals surface area contributed by atoms with Gasteiger partial charge in [0.15, 0.2) is 11.6 Å². The summed E-state index contributed by atoms with van der Waals surface area (Å²) in [6.07, 6.45) is 3.27. The first-order valence-corrected chi connectivity index (χ1v) is 16.5. The van der Waals surface area contributed by atoms with Gasteiger partial charge >= 0.3 is 0 Å². The zero-order valence-corrected chi connectivity index (χ0v) is 28.9. The SMILES string of the molecule is CC(C)C[C@H](CC(=O)[C@H](CC1=CCC=N1)NC(=O)CCC(=O)[C@@H](NC(=O)C(C)C)C(C)C)[C@@H](O)CC(=O)N[C@@H](CC(C)C)C(N)=O. The molecule has 0 spiro atoms. The smallest absolute Gasteiger partial charge is 0.240 e. The van der Waals surface area contributed by atoms with Crippen LogP contribution < -0.4 is 21.7 Å². The first-order chi connectivity index (χ1) is 21.4. The van der Waals surface area contributed by atoms with E-state index in [1.165, 1.54) is 0 Å². The van der Waals surface area contributed by atoms with E-state index in [9.17, 15) is 33.9 Å². The Hall–Kier alpha value is -3.41. The number of aliphatic hydroxyl groups is 1. The number of Topliss-reactive ketones (excluding diaryl/α,β-unsaturated/α-hetero) is 2. The highest BCUT2D eigenvalue weighted by molar-refractivity contribution is 5.94. The van der Waals surface area contributed by atoms with E-state index in [4.69, 9.17) is 5.73 Å². The number of rotatable bonds is 22. The van der Waals surface area contributed by atoms with E-state index in [1.54, 1.807) is 20.1 Å². The van der Waals surface area contributed by atoms with Crippen LogP contribution in [-0.4, -0.2) is 70.7 Å². The lowest BCUT2D eigenvalue weighted by atomic mass is 9.84. The lowest BCUT2D eigenvalue weighted by Gasteiger charge is -2.27. The predicted molar refractivity (Wildman–Crippen MR) is 177 cm³/mol. The van der Waals surface area contributed by atoms with Gasteiger partial charge in [-0.3, -0.25) is 33.8 Å². The van der Waals surface area contributed by atoms with Crippen LogP contribution in [0.1, 0.15) is 107 Å². The first kappa shape index (κ1) is 40.6. The summed E-state index contributed by atoms with van der Waals surface area (Å²) >= 11 is 0. The van der Waals surface area contributed by atoms with Gasteiger partial charge in [0.1, 0.15) is 6.04 Å². The van der Waals surface area contributed by atoms with E-state index in [2.05, 4.69) is 20.9 Å². The van der Waals surface area contributed by atoms with Gasteiger partial charge in [-0.1, -0.05) is 61.5 Å². The summed E-state index contributed by atoms with van der Waals surface area (Å²) in [5, 5.41) is 19.2.